The number of rotatable bonds is 1. The fourth-order valence-corrected chi connectivity index (χ4v) is 2.08. The molecule has 0 saturated heterocycles. The third-order valence-corrected chi connectivity index (χ3v) is 3.54. The Balaban J connectivity index is 2.76. The van der Waals surface area contributed by atoms with Crippen LogP contribution >= 0.6 is 15.9 Å². The molecule has 0 bridgehead atoms. The van der Waals surface area contributed by atoms with E-state index in [-0.39, 0.29) is 11.6 Å². The van der Waals surface area contributed by atoms with Gasteiger partial charge in [-0.2, -0.15) is 0 Å². The van der Waals surface area contributed by atoms with Crippen LogP contribution < -0.4 is 4.74 Å². The third-order valence-electron chi connectivity index (χ3n) is 2.59. The van der Waals surface area contributed by atoms with Crippen LogP contribution in [0.1, 0.15) is 27.6 Å². The van der Waals surface area contributed by atoms with Gasteiger partial charge in [0.25, 0.3) is 0 Å². The molecule has 2 rings (SSSR count). The first-order chi connectivity index (χ1) is 7.57. The van der Waals surface area contributed by atoms with E-state index in [1.165, 1.54) is 7.11 Å². The Morgan fingerprint density at radius 2 is 1.88 bits per heavy atom. The van der Waals surface area contributed by atoms with Crippen molar-refractivity contribution in [1.29, 1.82) is 0 Å². The van der Waals surface area contributed by atoms with Crippen molar-refractivity contribution in [2.24, 2.45) is 0 Å². The highest BCUT2D eigenvalue weighted by Crippen LogP contribution is 2.34. The largest absolute Gasteiger partial charge is 0.496 e. The first-order valence-corrected chi connectivity index (χ1v) is 5.50. The predicted molar refractivity (Wildman–Crippen MR) is 63.3 cm³/mol. The molecule has 0 N–H and O–H groups in total. The second kappa shape index (κ2) is 3.87. The summed E-state index contributed by atoms with van der Waals surface area (Å²) in [4.78, 5) is 24.0. The predicted octanol–water partition coefficient (Wildman–Crippen LogP) is 2.74. The summed E-state index contributed by atoms with van der Waals surface area (Å²) < 4.78 is 5.41. The van der Waals surface area contributed by atoms with Crippen LogP contribution in [0, 0.1) is 0 Å². The normalized spacial score (nSPS) is 15.2. The summed E-state index contributed by atoms with van der Waals surface area (Å²) in [6, 6.07) is 5.02. The molecule has 4 heteroatoms. The van der Waals surface area contributed by atoms with E-state index >= 15 is 0 Å². The van der Waals surface area contributed by atoms with Gasteiger partial charge in [0, 0.05) is 11.1 Å². The molecule has 16 heavy (non-hydrogen) atoms. The summed E-state index contributed by atoms with van der Waals surface area (Å²) in [5.41, 5.74) is 1.18. The van der Waals surface area contributed by atoms with Crippen LogP contribution in [0.5, 0.6) is 5.75 Å². The van der Waals surface area contributed by atoms with Gasteiger partial charge in [-0.05, 0) is 28.9 Å². The van der Waals surface area contributed by atoms with E-state index in [2.05, 4.69) is 15.9 Å². The smallest absolute Gasteiger partial charge is 0.204 e. The topological polar surface area (TPSA) is 43.4 Å². The van der Waals surface area contributed by atoms with E-state index in [0.29, 0.717) is 26.9 Å². The quantitative estimate of drug-likeness (QED) is 0.795. The molecular formula is C12H9BrO3. The molecular weight excluding hydrogens is 272 g/mol. The van der Waals surface area contributed by atoms with E-state index in [0.717, 1.165) is 0 Å². The number of halogens is 1. The second-order valence-electron chi connectivity index (χ2n) is 3.48. The number of allylic oxidation sites excluding steroid dienone is 2. The Morgan fingerprint density at radius 3 is 2.50 bits per heavy atom. The molecule has 0 fully saturated rings. The molecule has 1 aromatic carbocycles. The fraction of sp³-hybridized carbons (Fsp3) is 0.167. The molecule has 0 radical (unpaired) electrons. The summed E-state index contributed by atoms with van der Waals surface area (Å²) in [7, 11) is 1.48. The first-order valence-electron chi connectivity index (χ1n) is 4.70. The van der Waals surface area contributed by atoms with E-state index in [9.17, 15) is 9.59 Å². The Labute approximate surface area is 101 Å². The highest BCUT2D eigenvalue weighted by Gasteiger charge is 2.31. The van der Waals surface area contributed by atoms with Crippen molar-refractivity contribution in [3.05, 3.63) is 39.4 Å². The van der Waals surface area contributed by atoms with Crippen LogP contribution in [0.25, 0.3) is 0 Å². The maximum Gasteiger partial charge on any atom is 0.204 e. The van der Waals surface area contributed by atoms with Crippen molar-refractivity contribution in [2.75, 3.05) is 7.11 Å². The zero-order chi connectivity index (χ0) is 11.9. The number of fused-ring (bicyclic) bond motifs is 1. The van der Waals surface area contributed by atoms with Crippen LogP contribution in [0.15, 0.2) is 28.3 Å². The lowest BCUT2D eigenvalue weighted by atomic mass is 9.89. The maximum atomic E-state index is 12.0. The van der Waals surface area contributed by atoms with Crippen molar-refractivity contribution >= 4 is 27.5 Å². The second-order valence-corrected chi connectivity index (χ2v) is 4.27. The molecule has 0 heterocycles. The van der Waals surface area contributed by atoms with Gasteiger partial charge >= 0.3 is 0 Å². The number of ether oxygens (including phenoxy) is 1. The summed E-state index contributed by atoms with van der Waals surface area (Å²) in [6.45, 7) is 1.63. The van der Waals surface area contributed by atoms with Gasteiger partial charge < -0.3 is 4.74 Å². The van der Waals surface area contributed by atoms with Crippen LogP contribution in [0.4, 0.5) is 0 Å². The van der Waals surface area contributed by atoms with Gasteiger partial charge in [0.1, 0.15) is 5.75 Å². The molecule has 0 aliphatic heterocycles. The minimum absolute atomic E-state index is 0.139. The average molecular weight is 281 g/mol. The zero-order valence-electron chi connectivity index (χ0n) is 8.83. The Bertz CT molecular complexity index is 529. The van der Waals surface area contributed by atoms with E-state index < -0.39 is 0 Å². The number of hydrogen-bond acceptors (Lipinski definition) is 3. The van der Waals surface area contributed by atoms with Gasteiger partial charge in [0.15, 0.2) is 5.78 Å². The summed E-state index contributed by atoms with van der Waals surface area (Å²) in [6.07, 6.45) is 0. The van der Waals surface area contributed by atoms with Crippen molar-refractivity contribution in [3.8, 4) is 5.75 Å². The lowest BCUT2D eigenvalue weighted by molar-refractivity contribution is 0.0980. The Morgan fingerprint density at radius 1 is 1.19 bits per heavy atom. The highest BCUT2D eigenvalue weighted by atomic mass is 79.9. The molecule has 3 nitrogen and oxygen atoms in total. The lowest BCUT2D eigenvalue weighted by Gasteiger charge is -2.17. The summed E-state index contributed by atoms with van der Waals surface area (Å²) in [5, 5.41) is 0. The number of Topliss-reactive ketones (excluding diaryl/α,β-unsaturated/α-hetero) is 2. The van der Waals surface area contributed by atoms with Crippen LogP contribution in [-0.4, -0.2) is 18.7 Å². The molecule has 0 aromatic heterocycles. The first kappa shape index (κ1) is 11.1. The van der Waals surface area contributed by atoms with E-state index in [4.69, 9.17) is 4.74 Å². The van der Waals surface area contributed by atoms with Crippen LogP contribution in [0.2, 0.25) is 0 Å². The molecule has 0 spiro atoms. The zero-order valence-corrected chi connectivity index (χ0v) is 10.4. The van der Waals surface area contributed by atoms with Crippen LogP contribution in [-0.2, 0) is 0 Å². The van der Waals surface area contributed by atoms with Gasteiger partial charge in [-0.15, -0.1) is 0 Å². The molecule has 1 aliphatic rings. The van der Waals surface area contributed by atoms with E-state index in [1.807, 2.05) is 0 Å². The number of methoxy groups -OCH3 is 1. The van der Waals surface area contributed by atoms with Crippen molar-refractivity contribution in [1.82, 2.24) is 0 Å². The number of hydrogen-bond donors (Lipinski definition) is 0. The minimum Gasteiger partial charge on any atom is -0.496 e. The number of carbonyl (C=O) groups is 2. The Hall–Kier alpha value is -1.42. The maximum absolute atomic E-state index is 12.0. The van der Waals surface area contributed by atoms with E-state index in [1.54, 1.807) is 25.1 Å². The molecule has 0 amide bonds. The molecule has 82 valence electrons. The molecule has 0 saturated carbocycles. The number of benzene rings is 1. The molecule has 1 aliphatic carbocycles. The molecule has 0 unspecified atom stereocenters. The average Bonchev–Trinajstić information content (AvgIpc) is 2.32. The summed E-state index contributed by atoms with van der Waals surface area (Å²) >= 11 is 3.15. The fourth-order valence-electron chi connectivity index (χ4n) is 1.71. The van der Waals surface area contributed by atoms with Gasteiger partial charge in [-0.1, -0.05) is 12.1 Å². The molecule has 1 aromatic rings. The lowest BCUT2D eigenvalue weighted by Crippen LogP contribution is -2.19. The standard InChI is InChI=1S/C12H9BrO3/c1-6-10(13)12(15)9-7(11(6)14)4-3-5-8(9)16-2/h3-5H,1-2H3. The number of carbonyl (C=O) groups excluding carboxylic acids is 2. The SMILES string of the molecule is COc1cccc2c1C(=O)C(Br)=C(C)C2=O. The minimum atomic E-state index is -0.204. The monoisotopic (exact) mass is 280 g/mol. The van der Waals surface area contributed by atoms with Gasteiger partial charge in [-0.3, -0.25) is 9.59 Å². The highest BCUT2D eigenvalue weighted by molar-refractivity contribution is 9.12. The van der Waals surface area contributed by atoms with Gasteiger partial charge in [0.05, 0.1) is 17.2 Å². The van der Waals surface area contributed by atoms with Crippen molar-refractivity contribution in [2.45, 2.75) is 6.92 Å². The van der Waals surface area contributed by atoms with Crippen molar-refractivity contribution < 1.29 is 14.3 Å². The van der Waals surface area contributed by atoms with Gasteiger partial charge in [-0.25, -0.2) is 0 Å². The van der Waals surface area contributed by atoms with Gasteiger partial charge in [0.2, 0.25) is 5.78 Å². The summed E-state index contributed by atoms with van der Waals surface area (Å²) in [5.74, 6) is 0.0882. The Kier molecular flexibility index (Phi) is 2.68. The number of ketones is 2. The molecule has 0 atom stereocenters. The third kappa shape index (κ3) is 1.41. The van der Waals surface area contributed by atoms with Crippen LogP contribution in [0.3, 0.4) is 0 Å². The van der Waals surface area contributed by atoms with Crippen molar-refractivity contribution in [3.63, 3.8) is 0 Å².